The monoisotopic (exact) mass is 418 g/mol. The summed E-state index contributed by atoms with van der Waals surface area (Å²) in [5, 5.41) is 0.587. The molecule has 1 amide bonds. The Morgan fingerprint density at radius 2 is 1.68 bits per heavy atom. The highest BCUT2D eigenvalue weighted by Crippen LogP contribution is 2.31. The van der Waals surface area contributed by atoms with Crippen molar-refractivity contribution in [3.63, 3.8) is 0 Å². The van der Waals surface area contributed by atoms with Crippen LogP contribution in [0.1, 0.15) is 24.0 Å². The van der Waals surface area contributed by atoms with Gasteiger partial charge in [-0.2, -0.15) is 0 Å². The van der Waals surface area contributed by atoms with Crippen molar-refractivity contribution in [3.8, 4) is 0 Å². The predicted octanol–water partition coefficient (Wildman–Crippen LogP) is 3.47. The zero-order chi connectivity index (χ0) is 19.7. The maximum absolute atomic E-state index is 13.0. The summed E-state index contributed by atoms with van der Waals surface area (Å²) in [5.74, 6) is -0.0321. The standard InChI is InChI=1S/C21H23ClN2O3S/c22-19-7-5-16(6-8-19)15-28(26,27)23-12-9-18(10-13-23)21(25)24-14-11-17-3-1-2-4-20(17)24/h1-8,18H,9-15H2. The van der Waals surface area contributed by atoms with E-state index in [4.69, 9.17) is 11.6 Å². The Balaban J connectivity index is 1.38. The third-order valence-electron chi connectivity index (χ3n) is 5.61. The second kappa shape index (κ2) is 7.85. The van der Waals surface area contributed by atoms with Gasteiger partial charge in [0.2, 0.25) is 15.9 Å². The quantitative estimate of drug-likeness (QED) is 0.763. The van der Waals surface area contributed by atoms with E-state index in [0.717, 1.165) is 17.7 Å². The van der Waals surface area contributed by atoms with Gasteiger partial charge in [0.05, 0.1) is 5.75 Å². The Morgan fingerprint density at radius 1 is 1.00 bits per heavy atom. The number of carbonyl (C=O) groups excluding carboxylic acids is 1. The third kappa shape index (κ3) is 3.95. The van der Waals surface area contributed by atoms with E-state index < -0.39 is 10.0 Å². The molecule has 2 aliphatic heterocycles. The summed E-state index contributed by atoms with van der Waals surface area (Å²) in [4.78, 5) is 14.9. The highest BCUT2D eigenvalue weighted by atomic mass is 35.5. The first-order valence-corrected chi connectivity index (χ1v) is 11.5. The molecule has 0 spiro atoms. The van der Waals surface area contributed by atoms with Crippen LogP contribution in [-0.4, -0.2) is 38.3 Å². The average Bonchev–Trinajstić information content (AvgIpc) is 3.13. The molecule has 0 aromatic heterocycles. The van der Waals surface area contributed by atoms with Gasteiger partial charge in [-0.1, -0.05) is 41.9 Å². The minimum absolute atomic E-state index is 0.0394. The van der Waals surface area contributed by atoms with Crippen LogP contribution in [-0.2, 0) is 27.0 Å². The van der Waals surface area contributed by atoms with Crippen molar-refractivity contribution in [1.82, 2.24) is 4.31 Å². The number of para-hydroxylation sites is 1. The molecule has 2 heterocycles. The summed E-state index contributed by atoms with van der Waals surface area (Å²) in [6, 6.07) is 14.9. The Morgan fingerprint density at radius 3 is 2.39 bits per heavy atom. The van der Waals surface area contributed by atoms with Crippen LogP contribution in [0.15, 0.2) is 48.5 Å². The molecule has 1 fully saturated rings. The molecule has 4 rings (SSSR count). The van der Waals surface area contributed by atoms with E-state index in [0.29, 0.717) is 37.5 Å². The van der Waals surface area contributed by atoms with Crippen molar-refractivity contribution < 1.29 is 13.2 Å². The molecule has 2 aromatic carbocycles. The molecule has 148 valence electrons. The molecular formula is C21H23ClN2O3S. The Kier molecular flexibility index (Phi) is 5.45. The number of fused-ring (bicyclic) bond motifs is 1. The first-order valence-electron chi connectivity index (χ1n) is 9.55. The number of rotatable bonds is 4. The predicted molar refractivity (Wildman–Crippen MR) is 111 cm³/mol. The van der Waals surface area contributed by atoms with Gasteiger partial charge in [-0.15, -0.1) is 0 Å². The summed E-state index contributed by atoms with van der Waals surface area (Å²) in [5.41, 5.74) is 2.93. The third-order valence-corrected chi connectivity index (χ3v) is 7.71. The molecule has 2 aromatic rings. The summed E-state index contributed by atoms with van der Waals surface area (Å²) < 4.78 is 27.0. The van der Waals surface area contributed by atoms with Gasteiger partial charge >= 0.3 is 0 Å². The van der Waals surface area contributed by atoms with E-state index in [1.165, 1.54) is 9.87 Å². The number of anilines is 1. The van der Waals surface area contributed by atoms with Gasteiger partial charge in [-0.25, -0.2) is 12.7 Å². The van der Waals surface area contributed by atoms with Crippen LogP contribution < -0.4 is 4.90 Å². The lowest BCUT2D eigenvalue weighted by Gasteiger charge is -2.32. The van der Waals surface area contributed by atoms with Crippen LogP contribution in [0.25, 0.3) is 0 Å². The lowest BCUT2D eigenvalue weighted by atomic mass is 9.96. The van der Waals surface area contributed by atoms with Crippen LogP contribution >= 0.6 is 11.6 Å². The number of benzene rings is 2. The minimum atomic E-state index is -3.40. The van der Waals surface area contributed by atoms with Crippen molar-refractivity contribution in [2.75, 3.05) is 24.5 Å². The number of halogens is 1. The highest BCUT2D eigenvalue weighted by Gasteiger charge is 2.35. The molecule has 28 heavy (non-hydrogen) atoms. The minimum Gasteiger partial charge on any atom is -0.312 e. The van der Waals surface area contributed by atoms with E-state index in [9.17, 15) is 13.2 Å². The second-order valence-electron chi connectivity index (χ2n) is 7.42. The molecule has 2 aliphatic rings. The number of hydrogen-bond acceptors (Lipinski definition) is 3. The van der Waals surface area contributed by atoms with E-state index >= 15 is 0 Å². The zero-order valence-corrected chi connectivity index (χ0v) is 17.1. The maximum atomic E-state index is 13.0. The van der Waals surface area contributed by atoms with Gasteiger partial charge < -0.3 is 4.90 Å². The van der Waals surface area contributed by atoms with E-state index in [-0.39, 0.29) is 17.6 Å². The molecule has 0 unspecified atom stereocenters. The largest absolute Gasteiger partial charge is 0.312 e. The number of amides is 1. The summed E-state index contributed by atoms with van der Waals surface area (Å²) in [6.45, 7) is 1.50. The van der Waals surface area contributed by atoms with Crippen LogP contribution in [0.4, 0.5) is 5.69 Å². The molecule has 0 N–H and O–H groups in total. The average molecular weight is 419 g/mol. The Labute approximate surface area is 171 Å². The lowest BCUT2D eigenvalue weighted by Crippen LogP contribution is -2.44. The number of nitrogens with zero attached hydrogens (tertiary/aromatic N) is 2. The molecule has 0 atom stereocenters. The van der Waals surface area contributed by atoms with Crippen LogP contribution in [0.3, 0.4) is 0 Å². The van der Waals surface area contributed by atoms with E-state index in [1.54, 1.807) is 24.3 Å². The second-order valence-corrected chi connectivity index (χ2v) is 9.83. The number of carbonyl (C=O) groups is 1. The summed E-state index contributed by atoms with van der Waals surface area (Å²) in [7, 11) is -3.40. The van der Waals surface area contributed by atoms with Crippen LogP contribution in [0.2, 0.25) is 5.02 Å². The highest BCUT2D eigenvalue weighted by molar-refractivity contribution is 7.88. The van der Waals surface area contributed by atoms with Crippen molar-refractivity contribution in [2.45, 2.75) is 25.0 Å². The van der Waals surface area contributed by atoms with E-state index in [1.807, 2.05) is 23.1 Å². The van der Waals surface area contributed by atoms with Crippen LogP contribution in [0, 0.1) is 5.92 Å². The molecule has 5 nitrogen and oxygen atoms in total. The first-order chi connectivity index (χ1) is 13.4. The fourth-order valence-electron chi connectivity index (χ4n) is 4.05. The van der Waals surface area contributed by atoms with Gasteiger partial charge in [0.15, 0.2) is 0 Å². The molecule has 1 saturated heterocycles. The fraction of sp³-hybridized carbons (Fsp3) is 0.381. The van der Waals surface area contributed by atoms with Crippen molar-refractivity contribution in [3.05, 3.63) is 64.7 Å². The molecular weight excluding hydrogens is 396 g/mol. The van der Waals surface area contributed by atoms with Crippen molar-refractivity contribution in [1.29, 1.82) is 0 Å². The molecule has 0 aliphatic carbocycles. The fourth-order valence-corrected chi connectivity index (χ4v) is 5.74. The Bertz CT molecular complexity index is 967. The van der Waals surface area contributed by atoms with Gasteiger partial charge in [-0.05, 0) is 48.6 Å². The normalized spacial score (nSPS) is 18.2. The van der Waals surface area contributed by atoms with Gasteiger partial charge in [-0.3, -0.25) is 4.79 Å². The summed E-state index contributed by atoms with van der Waals surface area (Å²) >= 11 is 5.87. The Hall–Kier alpha value is -1.89. The summed E-state index contributed by atoms with van der Waals surface area (Å²) in [6.07, 6.45) is 2.02. The zero-order valence-electron chi connectivity index (χ0n) is 15.6. The van der Waals surface area contributed by atoms with Crippen molar-refractivity contribution >= 4 is 33.2 Å². The van der Waals surface area contributed by atoms with Crippen LogP contribution in [0.5, 0.6) is 0 Å². The topological polar surface area (TPSA) is 57.7 Å². The smallest absolute Gasteiger partial charge is 0.230 e. The van der Waals surface area contributed by atoms with Crippen molar-refractivity contribution in [2.24, 2.45) is 5.92 Å². The van der Waals surface area contributed by atoms with Gasteiger partial charge in [0, 0.05) is 36.3 Å². The maximum Gasteiger partial charge on any atom is 0.230 e. The number of hydrogen-bond donors (Lipinski definition) is 0. The van der Waals surface area contributed by atoms with Gasteiger partial charge in [0.25, 0.3) is 0 Å². The van der Waals surface area contributed by atoms with E-state index in [2.05, 4.69) is 6.07 Å². The molecule has 7 heteroatoms. The number of sulfonamides is 1. The number of piperidine rings is 1. The SMILES string of the molecule is O=C(C1CCN(S(=O)(=O)Cc2ccc(Cl)cc2)CC1)N1CCc2ccccc21. The molecule has 0 saturated carbocycles. The molecule has 0 radical (unpaired) electrons. The lowest BCUT2D eigenvalue weighted by molar-refractivity contribution is -0.123. The molecule has 0 bridgehead atoms. The first kappa shape index (κ1) is 19.4. The van der Waals surface area contributed by atoms with Gasteiger partial charge in [0.1, 0.15) is 0 Å².